The molecule has 0 saturated heterocycles. The molecule has 2 aromatic rings. The molecule has 2 aromatic carbocycles. The van der Waals surface area contributed by atoms with Gasteiger partial charge in [0, 0.05) is 6.42 Å². The number of hydrogen-bond acceptors (Lipinski definition) is 3. The minimum absolute atomic E-state index is 0.331. The van der Waals surface area contributed by atoms with E-state index in [9.17, 15) is 4.79 Å². The SMILES string of the molecule is CCOC(=O)C(C)(Cc1cccc(C)c1)Oc1ccc(C(C)C)cc1. The molecule has 0 saturated carbocycles. The fourth-order valence-electron chi connectivity index (χ4n) is 2.83. The second kappa shape index (κ2) is 8.19. The van der Waals surface area contributed by atoms with Crippen molar-refractivity contribution < 1.29 is 14.3 Å². The molecule has 0 aromatic heterocycles. The van der Waals surface area contributed by atoms with Gasteiger partial charge in [-0.1, -0.05) is 55.8 Å². The Labute approximate surface area is 151 Å². The number of esters is 1. The van der Waals surface area contributed by atoms with Crippen LogP contribution in [0.5, 0.6) is 5.75 Å². The molecule has 0 aliphatic carbocycles. The van der Waals surface area contributed by atoms with Crippen LogP contribution < -0.4 is 4.74 Å². The van der Waals surface area contributed by atoms with Gasteiger partial charge >= 0.3 is 5.97 Å². The summed E-state index contributed by atoms with van der Waals surface area (Å²) in [6.07, 6.45) is 0.458. The fourth-order valence-corrected chi connectivity index (χ4v) is 2.83. The topological polar surface area (TPSA) is 35.5 Å². The Bertz CT molecular complexity index is 703. The van der Waals surface area contributed by atoms with Gasteiger partial charge in [0.2, 0.25) is 5.60 Å². The van der Waals surface area contributed by atoms with Gasteiger partial charge in [0.15, 0.2) is 0 Å². The first-order valence-corrected chi connectivity index (χ1v) is 8.86. The Balaban J connectivity index is 2.26. The molecule has 1 atom stereocenters. The van der Waals surface area contributed by atoms with Crippen LogP contribution in [0.15, 0.2) is 48.5 Å². The minimum Gasteiger partial charge on any atom is -0.476 e. The molecule has 0 aliphatic heterocycles. The molecular weight excluding hydrogens is 312 g/mol. The molecule has 0 spiro atoms. The maximum Gasteiger partial charge on any atom is 0.350 e. The third-order valence-corrected chi connectivity index (χ3v) is 4.22. The second-order valence-corrected chi connectivity index (χ2v) is 6.94. The van der Waals surface area contributed by atoms with Crippen LogP contribution in [0.2, 0.25) is 0 Å². The summed E-state index contributed by atoms with van der Waals surface area (Å²) < 4.78 is 11.4. The van der Waals surface area contributed by atoms with E-state index in [0.29, 0.717) is 24.7 Å². The van der Waals surface area contributed by atoms with Crippen molar-refractivity contribution in [2.75, 3.05) is 6.61 Å². The Morgan fingerprint density at radius 2 is 1.80 bits per heavy atom. The normalized spacial score (nSPS) is 13.4. The van der Waals surface area contributed by atoms with Crippen molar-refractivity contribution in [3.8, 4) is 5.75 Å². The van der Waals surface area contributed by atoms with Crippen molar-refractivity contribution in [3.63, 3.8) is 0 Å². The van der Waals surface area contributed by atoms with Gasteiger partial charge in [-0.2, -0.15) is 0 Å². The van der Waals surface area contributed by atoms with E-state index in [1.165, 1.54) is 5.56 Å². The highest BCUT2D eigenvalue weighted by Crippen LogP contribution is 2.26. The molecule has 0 aliphatic rings. The Morgan fingerprint density at radius 3 is 2.36 bits per heavy atom. The van der Waals surface area contributed by atoms with E-state index in [1.807, 2.05) is 56.3 Å². The van der Waals surface area contributed by atoms with Gasteiger partial charge in [-0.15, -0.1) is 0 Å². The lowest BCUT2D eigenvalue weighted by atomic mass is 9.95. The molecule has 0 radical (unpaired) electrons. The van der Waals surface area contributed by atoms with E-state index in [-0.39, 0.29) is 5.97 Å². The number of carbonyl (C=O) groups is 1. The zero-order chi connectivity index (χ0) is 18.4. The van der Waals surface area contributed by atoms with Crippen LogP contribution in [-0.4, -0.2) is 18.2 Å². The third-order valence-electron chi connectivity index (χ3n) is 4.22. The van der Waals surface area contributed by atoms with Crippen LogP contribution in [-0.2, 0) is 16.0 Å². The van der Waals surface area contributed by atoms with Crippen LogP contribution in [0.3, 0.4) is 0 Å². The van der Waals surface area contributed by atoms with Gasteiger partial charge in [-0.25, -0.2) is 4.79 Å². The van der Waals surface area contributed by atoms with Crippen molar-refractivity contribution in [1.82, 2.24) is 0 Å². The number of ether oxygens (including phenoxy) is 2. The van der Waals surface area contributed by atoms with Crippen LogP contribution >= 0.6 is 0 Å². The van der Waals surface area contributed by atoms with Crippen LogP contribution in [0, 0.1) is 6.92 Å². The summed E-state index contributed by atoms with van der Waals surface area (Å²) in [5.41, 5.74) is 2.38. The summed E-state index contributed by atoms with van der Waals surface area (Å²) in [5.74, 6) is 0.787. The van der Waals surface area contributed by atoms with Gasteiger partial charge < -0.3 is 9.47 Å². The molecule has 0 bridgehead atoms. The van der Waals surface area contributed by atoms with Gasteiger partial charge in [0.05, 0.1) is 6.61 Å². The number of aryl methyl sites for hydroxylation is 1. The average molecular weight is 340 g/mol. The number of hydrogen-bond donors (Lipinski definition) is 0. The van der Waals surface area contributed by atoms with Crippen molar-refractivity contribution in [1.29, 1.82) is 0 Å². The van der Waals surface area contributed by atoms with Crippen LogP contribution in [0.25, 0.3) is 0 Å². The van der Waals surface area contributed by atoms with Crippen molar-refractivity contribution in [2.24, 2.45) is 0 Å². The molecule has 134 valence electrons. The zero-order valence-corrected chi connectivity index (χ0v) is 15.8. The molecular formula is C22H28O3. The first-order chi connectivity index (χ1) is 11.8. The van der Waals surface area contributed by atoms with E-state index in [4.69, 9.17) is 9.47 Å². The Kier molecular flexibility index (Phi) is 6.24. The first kappa shape index (κ1) is 19.0. The summed E-state index contributed by atoms with van der Waals surface area (Å²) in [5, 5.41) is 0. The fraction of sp³-hybridized carbons (Fsp3) is 0.409. The highest BCUT2D eigenvalue weighted by atomic mass is 16.6. The van der Waals surface area contributed by atoms with E-state index >= 15 is 0 Å². The predicted octanol–water partition coefficient (Wildman–Crippen LogP) is 5.06. The standard InChI is InChI=1S/C22H28O3/c1-6-24-21(23)22(5,15-18-9-7-8-17(4)14-18)25-20-12-10-19(11-13-20)16(2)3/h7-14,16H,6,15H2,1-5H3. The number of benzene rings is 2. The Morgan fingerprint density at radius 1 is 1.12 bits per heavy atom. The van der Waals surface area contributed by atoms with E-state index in [1.54, 1.807) is 6.92 Å². The molecule has 1 unspecified atom stereocenters. The summed E-state index contributed by atoms with van der Waals surface area (Å²) in [6.45, 7) is 10.3. The lowest BCUT2D eigenvalue weighted by Gasteiger charge is -2.29. The van der Waals surface area contributed by atoms with E-state index < -0.39 is 5.60 Å². The molecule has 0 heterocycles. The first-order valence-electron chi connectivity index (χ1n) is 8.86. The smallest absolute Gasteiger partial charge is 0.350 e. The molecule has 0 fully saturated rings. The largest absolute Gasteiger partial charge is 0.476 e. The van der Waals surface area contributed by atoms with Crippen LogP contribution in [0.4, 0.5) is 0 Å². The highest BCUT2D eigenvalue weighted by molar-refractivity contribution is 5.80. The molecule has 2 rings (SSSR count). The second-order valence-electron chi connectivity index (χ2n) is 6.94. The predicted molar refractivity (Wildman–Crippen MR) is 101 cm³/mol. The van der Waals surface area contributed by atoms with Crippen molar-refractivity contribution in [2.45, 2.75) is 52.6 Å². The summed E-state index contributed by atoms with van der Waals surface area (Å²) >= 11 is 0. The van der Waals surface area contributed by atoms with Crippen molar-refractivity contribution >= 4 is 5.97 Å². The highest BCUT2D eigenvalue weighted by Gasteiger charge is 2.37. The maximum atomic E-state index is 12.6. The number of rotatable bonds is 7. The number of carbonyl (C=O) groups excluding carboxylic acids is 1. The lowest BCUT2D eigenvalue weighted by molar-refractivity contribution is -0.160. The molecule has 0 amide bonds. The molecule has 3 heteroatoms. The van der Waals surface area contributed by atoms with E-state index in [2.05, 4.69) is 19.9 Å². The third kappa shape index (κ3) is 5.09. The van der Waals surface area contributed by atoms with E-state index in [0.717, 1.165) is 11.1 Å². The van der Waals surface area contributed by atoms with Gasteiger partial charge in [-0.3, -0.25) is 0 Å². The van der Waals surface area contributed by atoms with Crippen molar-refractivity contribution in [3.05, 3.63) is 65.2 Å². The molecule has 25 heavy (non-hydrogen) atoms. The summed E-state index contributed by atoms with van der Waals surface area (Å²) in [6, 6.07) is 16.0. The molecule has 0 N–H and O–H groups in total. The van der Waals surface area contributed by atoms with Gasteiger partial charge in [0.25, 0.3) is 0 Å². The monoisotopic (exact) mass is 340 g/mol. The quantitative estimate of drug-likeness (QED) is 0.661. The lowest BCUT2D eigenvalue weighted by Crippen LogP contribution is -2.45. The van der Waals surface area contributed by atoms with Gasteiger partial charge in [-0.05, 0) is 49.9 Å². The summed E-state index contributed by atoms with van der Waals surface area (Å²) in [7, 11) is 0. The van der Waals surface area contributed by atoms with Gasteiger partial charge in [0.1, 0.15) is 5.75 Å². The summed E-state index contributed by atoms with van der Waals surface area (Å²) in [4.78, 5) is 12.6. The zero-order valence-electron chi connectivity index (χ0n) is 15.8. The average Bonchev–Trinajstić information content (AvgIpc) is 2.55. The van der Waals surface area contributed by atoms with Crippen LogP contribution in [0.1, 0.15) is 50.3 Å². The molecule has 3 nitrogen and oxygen atoms in total. The Hall–Kier alpha value is -2.29. The maximum absolute atomic E-state index is 12.6. The minimum atomic E-state index is -1.07.